The maximum Gasteiger partial charge on any atom is 0.238 e. The molecule has 2 aromatic carbocycles. The van der Waals surface area contributed by atoms with Gasteiger partial charge in [-0.05, 0) is 69.5 Å². The van der Waals surface area contributed by atoms with E-state index in [4.69, 9.17) is 9.47 Å². The van der Waals surface area contributed by atoms with Gasteiger partial charge in [-0.3, -0.25) is 9.69 Å². The van der Waals surface area contributed by atoms with Crippen molar-refractivity contribution in [3.8, 4) is 11.5 Å². The zero-order valence-corrected chi connectivity index (χ0v) is 17.5. The van der Waals surface area contributed by atoms with Crippen molar-refractivity contribution >= 4 is 11.6 Å². The summed E-state index contributed by atoms with van der Waals surface area (Å²) in [7, 11) is 3.35. The Labute approximate surface area is 167 Å². The van der Waals surface area contributed by atoms with Gasteiger partial charge < -0.3 is 14.8 Å². The summed E-state index contributed by atoms with van der Waals surface area (Å²) in [6.07, 6.45) is 2.06. The van der Waals surface area contributed by atoms with Crippen LogP contribution >= 0.6 is 0 Å². The molecular weight excluding hydrogens is 352 g/mol. The number of benzene rings is 2. The highest BCUT2D eigenvalue weighted by Crippen LogP contribution is 2.38. The summed E-state index contributed by atoms with van der Waals surface area (Å²) in [5, 5.41) is 3.12. The first-order valence-electron chi connectivity index (χ1n) is 9.76. The van der Waals surface area contributed by atoms with E-state index in [2.05, 4.69) is 29.3 Å². The molecule has 1 atom stereocenters. The van der Waals surface area contributed by atoms with E-state index in [1.165, 1.54) is 5.56 Å². The molecule has 1 amide bonds. The van der Waals surface area contributed by atoms with E-state index < -0.39 is 0 Å². The van der Waals surface area contributed by atoms with Crippen LogP contribution in [0.3, 0.4) is 0 Å². The van der Waals surface area contributed by atoms with Gasteiger partial charge in [0.15, 0.2) is 0 Å². The second-order valence-corrected chi connectivity index (χ2v) is 7.56. The van der Waals surface area contributed by atoms with Crippen LogP contribution in [0.15, 0.2) is 30.3 Å². The zero-order valence-electron chi connectivity index (χ0n) is 17.5. The Bertz CT molecular complexity index is 840. The second-order valence-electron chi connectivity index (χ2n) is 7.56. The number of hydrogen-bond donors (Lipinski definition) is 1. The second kappa shape index (κ2) is 8.65. The average Bonchev–Trinajstić information content (AvgIpc) is 3.11. The highest BCUT2D eigenvalue weighted by atomic mass is 16.5. The lowest BCUT2D eigenvalue weighted by Crippen LogP contribution is -2.33. The molecule has 0 saturated carbocycles. The smallest absolute Gasteiger partial charge is 0.238 e. The molecule has 0 spiro atoms. The van der Waals surface area contributed by atoms with Gasteiger partial charge in [0.05, 0.1) is 20.8 Å². The molecule has 0 bridgehead atoms. The number of aryl methyl sites for hydroxylation is 3. The summed E-state index contributed by atoms with van der Waals surface area (Å²) in [6, 6.07) is 10.2. The molecule has 5 heteroatoms. The van der Waals surface area contributed by atoms with Crippen LogP contribution in [0, 0.1) is 20.8 Å². The molecule has 5 nitrogen and oxygen atoms in total. The Balaban J connectivity index is 1.76. The molecule has 0 radical (unpaired) electrons. The molecule has 0 aromatic heterocycles. The molecule has 1 aliphatic heterocycles. The number of rotatable bonds is 6. The lowest BCUT2D eigenvalue weighted by atomic mass is 10.0. The zero-order chi connectivity index (χ0) is 20.3. The summed E-state index contributed by atoms with van der Waals surface area (Å²) in [5.41, 5.74) is 5.40. The Morgan fingerprint density at radius 1 is 1.11 bits per heavy atom. The van der Waals surface area contributed by atoms with Crippen LogP contribution in [-0.4, -0.2) is 38.1 Å². The van der Waals surface area contributed by atoms with Crippen molar-refractivity contribution < 1.29 is 14.3 Å². The third-order valence-corrected chi connectivity index (χ3v) is 5.45. The van der Waals surface area contributed by atoms with Crippen LogP contribution < -0.4 is 14.8 Å². The minimum atomic E-state index is 0.0174. The molecule has 0 aliphatic carbocycles. The van der Waals surface area contributed by atoms with Crippen LogP contribution in [0.1, 0.15) is 41.1 Å². The molecule has 0 unspecified atom stereocenters. The van der Waals surface area contributed by atoms with Gasteiger partial charge in [0, 0.05) is 17.3 Å². The van der Waals surface area contributed by atoms with E-state index in [-0.39, 0.29) is 11.9 Å². The van der Waals surface area contributed by atoms with Crippen LogP contribution in [0.25, 0.3) is 0 Å². The molecule has 1 aliphatic rings. The Morgan fingerprint density at radius 2 is 1.82 bits per heavy atom. The maximum absolute atomic E-state index is 12.8. The number of anilines is 1. The Morgan fingerprint density at radius 3 is 2.46 bits per heavy atom. The largest absolute Gasteiger partial charge is 0.497 e. The molecule has 2 aromatic rings. The number of carbonyl (C=O) groups is 1. The van der Waals surface area contributed by atoms with Crippen molar-refractivity contribution in [2.24, 2.45) is 0 Å². The van der Waals surface area contributed by atoms with E-state index in [1.54, 1.807) is 14.2 Å². The van der Waals surface area contributed by atoms with E-state index in [1.807, 2.05) is 32.0 Å². The standard InChI is InChI=1S/C23H30N2O3/c1-15-11-16(2)23(17(3)12-15)24-22(26)14-25-10-6-7-20(25)19-13-18(27-4)8-9-21(19)28-5/h8-9,11-13,20H,6-7,10,14H2,1-5H3,(H,24,26)/t20-/m1/s1. The monoisotopic (exact) mass is 382 g/mol. The Hall–Kier alpha value is -2.53. The highest BCUT2D eigenvalue weighted by Gasteiger charge is 2.30. The Kier molecular flexibility index (Phi) is 6.25. The van der Waals surface area contributed by atoms with Crippen LogP contribution in [0.5, 0.6) is 11.5 Å². The SMILES string of the molecule is COc1ccc(OC)c([C@H]2CCCN2CC(=O)Nc2c(C)cc(C)cc2C)c1. The predicted octanol–water partition coefficient (Wildman–Crippen LogP) is 4.40. The number of hydrogen-bond acceptors (Lipinski definition) is 4. The molecule has 1 N–H and O–H groups in total. The van der Waals surface area contributed by atoms with E-state index in [0.29, 0.717) is 6.54 Å². The summed E-state index contributed by atoms with van der Waals surface area (Å²) in [5.74, 6) is 1.66. The van der Waals surface area contributed by atoms with Gasteiger partial charge in [-0.1, -0.05) is 17.7 Å². The molecule has 1 saturated heterocycles. The fraction of sp³-hybridized carbons (Fsp3) is 0.435. The fourth-order valence-corrected chi connectivity index (χ4v) is 4.21. The van der Waals surface area contributed by atoms with Crippen molar-refractivity contribution in [2.75, 3.05) is 32.6 Å². The molecule has 3 rings (SSSR count). The van der Waals surface area contributed by atoms with E-state index in [9.17, 15) is 4.79 Å². The number of ether oxygens (including phenoxy) is 2. The molecule has 1 heterocycles. The number of nitrogens with zero attached hydrogens (tertiary/aromatic N) is 1. The lowest BCUT2D eigenvalue weighted by Gasteiger charge is -2.26. The number of carbonyl (C=O) groups excluding carboxylic acids is 1. The average molecular weight is 383 g/mol. The van der Waals surface area contributed by atoms with Crippen LogP contribution in [-0.2, 0) is 4.79 Å². The first kappa shape index (κ1) is 20.2. The van der Waals surface area contributed by atoms with Crippen molar-refractivity contribution in [1.29, 1.82) is 0 Å². The van der Waals surface area contributed by atoms with Crippen LogP contribution in [0.4, 0.5) is 5.69 Å². The minimum absolute atomic E-state index is 0.0174. The fourth-order valence-electron chi connectivity index (χ4n) is 4.21. The molecule has 28 heavy (non-hydrogen) atoms. The summed E-state index contributed by atoms with van der Waals surface area (Å²) in [4.78, 5) is 15.0. The van der Waals surface area contributed by atoms with E-state index in [0.717, 1.165) is 53.3 Å². The first-order valence-corrected chi connectivity index (χ1v) is 9.76. The number of amides is 1. The van der Waals surface area contributed by atoms with Gasteiger partial charge in [-0.2, -0.15) is 0 Å². The lowest BCUT2D eigenvalue weighted by molar-refractivity contribution is -0.117. The van der Waals surface area contributed by atoms with Gasteiger partial charge >= 0.3 is 0 Å². The van der Waals surface area contributed by atoms with Gasteiger partial charge in [0.2, 0.25) is 5.91 Å². The predicted molar refractivity (Wildman–Crippen MR) is 112 cm³/mol. The summed E-state index contributed by atoms with van der Waals surface area (Å²) >= 11 is 0. The van der Waals surface area contributed by atoms with Gasteiger partial charge in [0.25, 0.3) is 0 Å². The quantitative estimate of drug-likeness (QED) is 0.804. The maximum atomic E-state index is 12.8. The van der Waals surface area contributed by atoms with Crippen molar-refractivity contribution in [1.82, 2.24) is 4.90 Å². The third-order valence-electron chi connectivity index (χ3n) is 5.45. The topological polar surface area (TPSA) is 50.8 Å². The summed E-state index contributed by atoms with van der Waals surface area (Å²) in [6.45, 7) is 7.40. The number of methoxy groups -OCH3 is 2. The third kappa shape index (κ3) is 4.30. The van der Waals surface area contributed by atoms with Crippen molar-refractivity contribution in [2.45, 2.75) is 39.7 Å². The van der Waals surface area contributed by atoms with Gasteiger partial charge in [-0.15, -0.1) is 0 Å². The first-order chi connectivity index (χ1) is 13.4. The van der Waals surface area contributed by atoms with Gasteiger partial charge in [-0.25, -0.2) is 0 Å². The molecule has 150 valence electrons. The van der Waals surface area contributed by atoms with Crippen molar-refractivity contribution in [3.63, 3.8) is 0 Å². The normalized spacial score (nSPS) is 16.8. The van der Waals surface area contributed by atoms with Gasteiger partial charge in [0.1, 0.15) is 11.5 Å². The summed E-state index contributed by atoms with van der Waals surface area (Å²) < 4.78 is 11.0. The highest BCUT2D eigenvalue weighted by molar-refractivity contribution is 5.93. The van der Waals surface area contributed by atoms with Crippen molar-refractivity contribution in [3.05, 3.63) is 52.6 Å². The number of nitrogens with one attached hydrogen (secondary N) is 1. The minimum Gasteiger partial charge on any atom is -0.497 e. The molecule has 1 fully saturated rings. The van der Waals surface area contributed by atoms with E-state index >= 15 is 0 Å². The van der Waals surface area contributed by atoms with Crippen LogP contribution in [0.2, 0.25) is 0 Å². The molecular formula is C23H30N2O3. The number of likely N-dealkylation sites (tertiary alicyclic amines) is 1.